The number of ether oxygens (including phenoxy) is 1. The molecule has 2 aliphatic heterocycles. The lowest BCUT2D eigenvalue weighted by atomic mass is 10.1. The largest absolute Gasteiger partial charge is 0.444 e. The van der Waals surface area contributed by atoms with E-state index < -0.39 is 11.4 Å². The quantitative estimate of drug-likeness (QED) is 0.490. The number of anilines is 2. The van der Waals surface area contributed by atoms with Crippen molar-refractivity contribution in [3.8, 4) is 11.3 Å². The molecule has 0 aliphatic carbocycles. The van der Waals surface area contributed by atoms with Gasteiger partial charge in [0.15, 0.2) is 10.9 Å². The second-order valence-corrected chi connectivity index (χ2v) is 11.6. The highest BCUT2D eigenvalue weighted by Gasteiger charge is 2.27. The number of nitrogens with one attached hydrogen (secondary N) is 1. The average molecular weight is 553 g/mol. The van der Waals surface area contributed by atoms with Crippen molar-refractivity contribution >= 4 is 38.7 Å². The van der Waals surface area contributed by atoms with Gasteiger partial charge in [0, 0.05) is 52.0 Å². The first-order valence-corrected chi connectivity index (χ1v) is 13.6. The molecule has 1 amide bonds. The number of allylic oxidation sites excluding steroid dienone is 1. The highest BCUT2D eigenvalue weighted by Crippen LogP contribution is 2.31. The summed E-state index contributed by atoms with van der Waals surface area (Å²) in [6.07, 6.45) is 6.85. The Bertz CT molecular complexity index is 1420. The van der Waals surface area contributed by atoms with Crippen molar-refractivity contribution in [1.82, 2.24) is 29.9 Å². The number of hydrogen-bond donors (Lipinski definition) is 1. The zero-order valence-electron chi connectivity index (χ0n) is 22.8. The number of hydrazine groups is 1. The summed E-state index contributed by atoms with van der Waals surface area (Å²) in [4.78, 5) is 29.4. The molecule has 4 heterocycles. The molecule has 1 N–H and O–H groups in total. The monoisotopic (exact) mass is 552 g/mol. The third-order valence-corrected chi connectivity index (χ3v) is 7.39. The Kier molecular flexibility index (Phi) is 7.41. The van der Waals surface area contributed by atoms with Crippen molar-refractivity contribution in [3.63, 3.8) is 0 Å². The summed E-state index contributed by atoms with van der Waals surface area (Å²) < 4.78 is 21.3. The van der Waals surface area contributed by atoms with Gasteiger partial charge in [-0.15, -0.1) is 0 Å². The first-order chi connectivity index (χ1) is 18.6. The molecule has 0 bridgehead atoms. The number of halogens is 1. The van der Waals surface area contributed by atoms with Crippen LogP contribution < -0.4 is 10.2 Å². The molecule has 12 heteroatoms. The van der Waals surface area contributed by atoms with Crippen LogP contribution in [0.25, 0.3) is 21.5 Å². The maximum atomic E-state index is 14.8. The third-order valence-electron chi connectivity index (χ3n) is 6.18. The molecule has 2 aromatic heterocycles. The molecule has 0 saturated carbocycles. The minimum Gasteiger partial charge on any atom is -0.444 e. The molecule has 2 aliphatic rings. The number of rotatable bonds is 5. The van der Waals surface area contributed by atoms with Crippen LogP contribution in [0.3, 0.4) is 0 Å². The maximum Gasteiger partial charge on any atom is 0.410 e. The highest BCUT2D eigenvalue weighted by molar-refractivity contribution is 7.22. The van der Waals surface area contributed by atoms with E-state index in [-0.39, 0.29) is 11.8 Å². The molecule has 1 saturated heterocycles. The van der Waals surface area contributed by atoms with Gasteiger partial charge in [0.1, 0.15) is 11.3 Å². The van der Waals surface area contributed by atoms with Gasteiger partial charge in [-0.25, -0.2) is 29.1 Å². The lowest BCUT2D eigenvalue weighted by Gasteiger charge is -2.41. The Labute approximate surface area is 231 Å². The van der Waals surface area contributed by atoms with Crippen LogP contribution in [0.4, 0.5) is 20.3 Å². The first kappa shape index (κ1) is 26.8. The van der Waals surface area contributed by atoms with E-state index in [1.165, 1.54) is 6.20 Å². The Hall–Kier alpha value is -3.77. The lowest BCUT2D eigenvalue weighted by Crippen LogP contribution is -2.54. The van der Waals surface area contributed by atoms with E-state index in [0.29, 0.717) is 44.2 Å². The molecule has 206 valence electrons. The first-order valence-electron chi connectivity index (χ1n) is 12.8. The van der Waals surface area contributed by atoms with Gasteiger partial charge in [0.2, 0.25) is 5.95 Å². The van der Waals surface area contributed by atoms with E-state index in [9.17, 15) is 9.18 Å². The number of fused-ring (bicyclic) bond motifs is 1. The summed E-state index contributed by atoms with van der Waals surface area (Å²) in [5.74, 6) is -0.202. The minimum absolute atomic E-state index is 0.212. The number of hydrogen-bond acceptors (Lipinski definition) is 10. The number of carbonyl (C=O) groups is 1. The molecule has 39 heavy (non-hydrogen) atoms. The molecule has 1 aromatic carbocycles. The summed E-state index contributed by atoms with van der Waals surface area (Å²) in [7, 11) is 3.89. The van der Waals surface area contributed by atoms with E-state index in [0.717, 1.165) is 21.0 Å². The average Bonchev–Trinajstić information content (AvgIpc) is 3.33. The van der Waals surface area contributed by atoms with Crippen molar-refractivity contribution in [2.24, 2.45) is 0 Å². The summed E-state index contributed by atoms with van der Waals surface area (Å²) in [5.41, 5.74) is 1.91. The van der Waals surface area contributed by atoms with Gasteiger partial charge in [-0.2, -0.15) is 0 Å². The van der Waals surface area contributed by atoms with E-state index in [1.54, 1.807) is 16.2 Å². The second-order valence-electron chi connectivity index (χ2n) is 10.6. The topological polar surface area (TPSA) is 90.0 Å². The maximum absolute atomic E-state index is 14.8. The van der Waals surface area contributed by atoms with Gasteiger partial charge in [0.05, 0.1) is 28.7 Å². The lowest BCUT2D eigenvalue weighted by molar-refractivity contribution is -0.0281. The molecule has 0 radical (unpaired) electrons. The van der Waals surface area contributed by atoms with Crippen molar-refractivity contribution in [2.45, 2.75) is 26.4 Å². The molecular weight excluding hydrogens is 519 g/mol. The highest BCUT2D eigenvalue weighted by atomic mass is 32.1. The van der Waals surface area contributed by atoms with Crippen LogP contribution in [-0.2, 0) is 4.74 Å². The Morgan fingerprint density at radius 2 is 1.92 bits per heavy atom. The number of benzene rings is 1. The molecule has 10 nitrogen and oxygen atoms in total. The zero-order chi connectivity index (χ0) is 27.7. The van der Waals surface area contributed by atoms with Crippen LogP contribution in [0, 0.1) is 5.82 Å². The standard InChI is InChI=1S/C27H33FN8O2S/c1-27(2,3)38-26(37)34-11-13-35(14-12-34)36-10-6-7-19(17-36)30-24-29-16-20(28)23(32-24)18-8-9-22-21(15-18)31-25(39-22)33(4)5/h6-9,15-17H,10-14H2,1-5H3,(H,29,30,32). The Morgan fingerprint density at radius 3 is 2.64 bits per heavy atom. The van der Waals surface area contributed by atoms with Crippen LogP contribution in [0.1, 0.15) is 20.8 Å². The van der Waals surface area contributed by atoms with E-state index in [4.69, 9.17) is 4.74 Å². The molecule has 0 atom stereocenters. The van der Waals surface area contributed by atoms with E-state index in [2.05, 4.69) is 30.3 Å². The van der Waals surface area contributed by atoms with E-state index >= 15 is 0 Å². The smallest absolute Gasteiger partial charge is 0.410 e. The molecule has 0 spiro atoms. The fourth-order valence-electron chi connectivity index (χ4n) is 4.29. The number of amides is 1. The third kappa shape index (κ3) is 6.28. The van der Waals surface area contributed by atoms with Crippen LogP contribution in [-0.4, -0.2) is 88.4 Å². The minimum atomic E-state index is -0.513. The van der Waals surface area contributed by atoms with Gasteiger partial charge in [-0.3, -0.25) is 0 Å². The summed E-state index contributed by atoms with van der Waals surface area (Å²) in [6.45, 7) is 8.84. The van der Waals surface area contributed by atoms with Gasteiger partial charge in [-0.05, 0) is 39.0 Å². The number of piperazine rings is 1. The number of carbonyl (C=O) groups excluding carboxylic acids is 1. The predicted octanol–water partition coefficient (Wildman–Crippen LogP) is 4.55. The normalized spacial score (nSPS) is 16.4. The van der Waals surface area contributed by atoms with Crippen molar-refractivity contribution in [1.29, 1.82) is 0 Å². The zero-order valence-corrected chi connectivity index (χ0v) is 23.6. The van der Waals surface area contributed by atoms with Gasteiger partial charge in [-0.1, -0.05) is 23.5 Å². The van der Waals surface area contributed by atoms with Crippen molar-refractivity contribution in [2.75, 3.05) is 57.0 Å². The summed E-state index contributed by atoms with van der Waals surface area (Å²) in [5, 5.41) is 8.38. The van der Waals surface area contributed by atoms with Crippen molar-refractivity contribution < 1.29 is 13.9 Å². The number of aromatic nitrogens is 3. The van der Waals surface area contributed by atoms with Crippen LogP contribution in [0.5, 0.6) is 0 Å². The SMILES string of the molecule is CN(C)c1nc2cc(-c3nc(NC4=CN(N5CCN(C(=O)OC(C)(C)C)CC5)CC=C4)ncc3F)ccc2s1. The molecule has 3 aromatic rings. The van der Waals surface area contributed by atoms with Crippen LogP contribution in [0.2, 0.25) is 0 Å². The Morgan fingerprint density at radius 1 is 1.15 bits per heavy atom. The molecule has 5 rings (SSSR count). The van der Waals surface area contributed by atoms with Gasteiger partial charge >= 0.3 is 6.09 Å². The summed E-state index contributed by atoms with van der Waals surface area (Å²) in [6, 6.07) is 5.65. The Balaban J connectivity index is 1.27. The van der Waals surface area contributed by atoms with Gasteiger partial charge in [0.25, 0.3) is 0 Å². The fraction of sp³-hybridized carbons (Fsp3) is 0.407. The van der Waals surface area contributed by atoms with Crippen LogP contribution >= 0.6 is 11.3 Å². The molecule has 0 unspecified atom stereocenters. The van der Waals surface area contributed by atoms with Crippen molar-refractivity contribution in [3.05, 3.63) is 54.3 Å². The van der Waals surface area contributed by atoms with Crippen LogP contribution in [0.15, 0.2) is 48.4 Å². The number of nitrogens with zero attached hydrogens (tertiary/aromatic N) is 7. The number of thiazole rings is 1. The molecule has 1 fully saturated rings. The van der Waals surface area contributed by atoms with E-state index in [1.807, 2.05) is 76.3 Å². The summed E-state index contributed by atoms with van der Waals surface area (Å²) >= 11 is 1.58. The second kappa shape index (κ2) is 10.8. The fourth-order valence-corrected chi connectivity index (χ4v) is 5.16. The molecular formula is C27H33FN8O2S. The van der Waals surface area contributed by atoms with Gasteiger partial charge < -0.3 is 24.9 Å². The predicted molar refractivity (Wildman–Crippen MR) is 152 cm³/mol.